The molecule has 0 unspecified atom stereocenters. The van der Waals surface area contributed by atoms with Crippen molar-refractivity contribution in [2.75, 3.05) is 13.1 Å². The van der Waals surface area contributed by atoms with Gasteiger partial charge in [-0.25, -0.2) is 0 Å². The van der Waals surface area contributed by atoms with E-state index in [0.717, 1.165) is 6.54 Å². The van der Waals surface area contributed by atoms with Gasteiger partial charge in [0, 0.05) is 6.54 Å². The highest BCUT2D eigenvalue weighted by Gasteiger charge is 1.95. The van der Waals surface area contributed by atoms with Crippen LogP contribution in [0.4, 0.5) is 0 Å². The third-order valence-corrected chi connectivity index (χ3v) is 3.47. The van der Waals surface area contributed by atoms with Crippen LogP contribution in [0, 0.1) is 0 Å². The van der Waals surface area contributed by atoms with Crippen LogP contribution >= 0.6 is 0 Å². The van der Waals surface area contributed by atoms with E-state index in [1.54, 1.807) is 0 Å². The van der Waals surface area contributed by atoms with Gasteiger partial charge < -0.3 is 10.4 Å². The van der Waals surface area contributed by atoms with Crippen molar-refractivity contribution in [3.63, 3.8) is 0 Å². The average molecular weight is 271 g/mol. The summed E-state index contributed by atoms with van der Waals surface area (Å²) in [6.45, 7) is 3.83. The van der Waals surface area contributed by atoms with E-state index in [4.69, 9.17) is 5.11 Å². The van der Waals surface area contributed by atoms with E-state index in [-0.39, 0.29) is 6.42 Å². The first-order valence-corrected chi connectivity index (χ1v) is 8.20. The number of unbranched alkanes of at least 4 members (excludes halogenated alkanes) is 10. The first kappa shape index (κ1) is 18.4. The smallest absolute Gasteiger partial charge is 0.304 e. The summed E-state index contributed by atoms with van der Waals surface area (Å²) in [5, 5.41) is 11.6. The fourth-order valence-corrected chi connectivity index (χ4v) is 2.23. The molecule has 0 rings (SSSR count). The van der Waals surface area contributed by atoms with E-state index in [1.807, 2.05) is 0 Å². The van der Waals surface area contributed by atoms with Crippen molar-refractivity contribution >= 4 is 5.97 Å². The Morgan fingerprint density at radius 3 is 1.74 bits per heavy atom. The minimum absolute atomic E-state index is 0.234. The molecule has 0 atom stereocenters. The maximum atomic E-state index is 10.3. The molecule has 0 aliphatic heterocycles. The second-order valence-corrected chi connectivity index (χ2v) is 5.43. The van der Waals surface area contributed by atoms with Gasteiger partial charge >= 0.3 is 5.97 Å². The molecule has 114 valence electrons. The fourth-order valence-electron chi connectivity index (χ4n) is 2.23. The topological polar surface area (TPSA) is 49.3 Å². The van der Waals surface area contributed by atoms with Gasteiger partial charge in [-0.15, -0.1) is 0 Å². The third kappa shape index (κ3) is 17.4. The number of rotatable bonds is 15. The quantitative estimate of drug-likeness (QED) is 0.435. The molecule has 0 spiro atoms. The first-order valence-electron chi connectivity index (χ1n) is 8.20. The van der Waals surface area contributed by atoms with Crippen LogP contribution in [0.1, 0.15) is 84.0 Å². The van der Waals surface area contributed by atoms with Crippen molar-refractivity contribution in [1.29, 1.82) is 0 Å². The Morgan fingerprint density at radius 2 is 1.26 bits per heavy atom. The summed E-state index contributed by atoms with van der Waals surface area (Å²) in [5.74, 6) is -0.716. The standard InChI is InChI=1S/C16H33NO2/c1-2-3-4-5-6-7-8-9-10-11-12-14-17-15-13-16(18)19/h17H,2-15H2,1H3,(H,18,19). The van der Waals surface area contributed by atoms with Crippen LogP contribution in [0.5, 0.6) is 0 Å². The Balaban J connectivity index is 2.93. The zero-order valence-electron chi connectivity index (χ0n) is 12.8. The molecule has 19 heavy (non-hydrogen) atoms. The number of carbonyl (C=O) groups is 1. The minimum Gasteiger partial charge on any atom is -0.481 e. The molecule has 0 aromatic carbocycles. The molecule has 0 aliphatic carbocycles. The molecular formula is C16H33NO2. The Morgan fingerprint density at radius 1 is 0.789 bits per heavy atom. The maximum Gasteiger partial charge on any atom is 0.304 e. The summed E-state index contributed by atoms with van der Waals surface area (Å²) in [6.07, 6.45) is 15.1. The number of aliphatic carboxylic acids is 1. The molecule has 0 aromatic heterocycles. The first-order chi connectivity index (χ1) is 9.27. The van der Waals surface area contributed by atoms with E-state index < -0.39 is 5.97 Å². The number of carboxylic acid groups (broad SMARTS) is 1. The monoisotopic (exact) mass is 271 g/mol. The molecule has 0 fully saturated rings. The summed E-state index contributed by atoms with van der Waals surface area (Å²) in [4.78, 5) is 10.3. The molecule has 3 heteroatoms. The lowest BCUT2D eigenvalue weighted by Crippen LogP contribution is -2.19. The van der Waals surface area contributed by atoms with E-state index >= 15 is 0 Å². The molecule has 0 aromatic rings. The molecule has 0 radical (unpaired) electrons. The predicted molar refractivity (Wildman–Crippen MR) is 81.6 cm³/mol. The Hall–Kier alpha value is -0.570. The van der Waals surface area contributed by atoms with Crippen molar-refractivity contribution in [3.05, 3.63) is 0 Å². The molecule has 2 N–H and O–H groups in total. The Labute approximate surface area is 119 Å². The van der Waals surface area contributed by atoms with Gasteiger partial charge in [-0.05, 0) is 13.0 Å². The zero-order valence-corrected chi connectivity index (χ0v) is 12.8. The molecule has 0 heterocycles. The van der Waals surface area contributed by atoms with Crippen LogP contribution in [0.2, 0.25) is 0 Å². The summed E-state index contributed by atoms with van der Waals surface area (Å²) in [5.41, 5.74) is 0. The van der Waals surface area contributed by atoms with E-state index in [9.17, 15) is 4.79 Å². The molecule has 0 saturated heterocycles. The molecule has 0 aliphatic rings. The summed E-state index contributed by atoms with van der Waals surface area (Å²) in [7, 11) is 0. The second kappa shape index (κ2) is 15.5. The molecule has 0 saturated carbocycles. The van der Waals surface area contributed by atoms with Crippen LogP contribution in [0.3, 0.4) is 0 Å². The van der Waals surface area contributed by atoms with E-state index in [0.29, 0.717) is 6.54 Å². The average Bonchev–Trinajstić information content (AvgIpc) is 2.39. The number of carboxylic acids is 1. The number of nitrogens with one attached hydrogen (secondary N) is 1. The summed E-state index contributed by atoms with van der Waals surface area (Å²) in [6, 6.07) is 0. The Kier molecular flexibility index (Phi) is 15.0. The Bertz CT molecular complexity index is 195. The number of hydrogen-bond donors (Lipinski definition) is 2. The highest BCUT2D eigenvalue weighted by molar-refractivity contribution is 5.66. The van der Waals surface area contributed by atoms with Gasteiger partial charge in [-0.3, -0.25) is 4.79 Å². The summed E-state index contributed by atoms with van der Waals surface area (Å²) < 4.78 is 0. The lowest BCUT2D eigenvalue weighted by Gasteiger charge is -2.04. The van der Waals surface area contributed by atoms with E-state index in [2.05, 4.69) is 12.2 Å². The predicted octanol–water partition coefficient (Wildman–Crippen LogP) is 4.36. The van der Waals surface area contributed by atoms with Gasteiger partial charge in [-0.1, -0.05) is 71.1 Å². The maximum absolute atomic E-state index is 10.3. The SMILES string of the molecule is CCCCCCCCCCCCCNCCC(=O)O. The normalized spacial score (nSPS) is 10.8. The van der Waals surface area contributed by atoms with Crippen molar-refractivity contribution in [2.45, 2.75) is 84.0 Å². The second-order valence-electron chi connectivity index (χ2n) is 5.43. The largest absolute Gasteiger partial charge is 0.481 e. The van der Waals surface area contributed by atoms with Gasteiger partial charge in [0.25, 0.3) is 0 Å². The van der Waals surface area contributed by atoms with Gasteiger partial charge in [0.1, 0.15) is 0 Å². The lowest BCUT2D eigenvalue weighted by molar-refractivity contribution is -0.136. The van der Waals surface area contributed by atoms with Crippen LogP contribution in [-0.4, -0.2) is 24.2 Å². The van der Waals surface area contributed by atoms with Crippen molar-refractivity contribution in [2.24, 2.45) is 0 Å². The van der Waals surface area contributed by atoms with E-state index in [1.165, 1.54) is 70.6 Å². The fraction of sp³-hybridized carbons (Fsp3) is 0.938. The highest BCUT2D eigenvalue weighted by Crippen LogP contribution is 2.10. The minimum atomic E-state index is -0.716. The molecular weight excluding hydrogens is 238 g/mol. The van der Waals surface area contributed by atoms with Gasteiger partial charge in [0.05, 0.1) is 6.42 Å². The third-order valence-electron chi connectivity index (χ3n) is 3.47. The van der Waals surface area contributed by atoms with Crippen LogP contribution in [0.15, 0.2) is 0 Å². The number of hydrogen-bond acceptors (Lipinski definition) is 2. The molecule has 0 bridgehead atoms. The zero-order chi connectivity index (χ0) is 14.2. The van der Waals surface area contributed by atoms with Crippen LogP contribution in [0.25, 0.3) is 0 Å². The van der Waals surface area contributed by atoms with Gasteiger partial charge in [0.2, 0.25) is 0 Å². The lowest BCUT2D eigenvalue weighted by atomic mass is 10.1. The highest BCUT2D eigenvalue weighted by atomic mass is 16.4. The van der Waals surface area contributed by atoms with Gasteiger partial charge in [0.15, 0.2) is 0 Å². The van der Waals surface area contributed by atoms with Crippen molar-refractivity contribution in [1.82, 2.24) is 5.32 Å². The van der Waals surface area contributed by atoms with Gasteiger partial charge in [-0.2, -0.15) is 0 Å². The van der Waals surface area contributed by atoms with Crippen LogP contribution < -0.4 is 5.32 Å². The molecule has 0 amide bonds. The van der Waals surface area contributed by atoms with Crippen LogP contribution in [-0.2, 0) is 4.79 Å². The molecule has 3 nitrogen and oxygen atoms in total. The summed E-state index contributed by atoms with van der Waals surface area (Å²) >= 11 is 0. The van der Waals surface area contributed by atoms with Crippen molar-refractivity contribution in [3.8, 4) is 0 Å². The van der Waals surface area contributed by atoms with Crippen molar-refractivity contribution < 1.29 is 9.90 Å².